The Morgan fingerprint density at radius 3 is 2.90 bits per heavy atom. The average Bonchev–Trinajstić information content (AvgIpc) is 2.47. The van der Waals surface area contributed by atoms with Crippen LogP contribution in [0.15, 0.2) is 12.3 Å². The van der Waals surface area contributed by atoms with Gasteiger partial charge in [0.05, 0.1) is 4.92 Å². The zero-order valence-corrected chi connectivity index (χ0v) is 11.2. The van der Waals surface area contributed by atoms with Gasteiger partial charge in [0.15, 0.2) is 0 Å². The summed E-state index contributed by atoms with van der Waals surface area (Å²) in [4.78, 5) is 14.6. The predicted octanol–water partition coefficient (Wildman–Crippen LogP) is 2.09. The SMILES string of the molecule is CC(Nc1nccc(C#N)c1[N+](=O)[O-])C1CCOCC1. The third-order valence-electron chi connectivity index (χ3n) is 3.56. The molecule has 106 valence electrons. The molecule has 7 heteroatoms. The van der Waals surface area contributed by atoms with Crippen molar-refractivity contribution in [3.63, 3.8) is 0 Å². The number of nitriles is 1. The molecule has 0 radical (unpaired) electrons. The number of nitro groups is 1. The molecule has 1 aromatic rings. The van der Waals surface area contributed by atoms with Gasteiger partial charge >= 0.3 is 5.69 Å². The minimum atomic E-state index is -0.565. The molecule has 1 atom stereocenters. The predicted molar refractivity (Wildman–Crippen MR) is 72.2 cm³/mol. The second-order valence-electron chi connectivity index (χ2n) is 4.81. The number of nitrogens with one attached hydrogen (secondary N) is 1. The van der Waals surface area contributed by atoms with E-state index in [1.165, 1.54) is 12.3 Å². The smallest absolute Gasteiger partial charge is 0.328 e. The van der Waals surface area contributed by atoms with Crippen molar-refractivity contribution in [2.24, 2.45) is 5.92 Å². The molecule has 2 heterocycles. The highest BCUT2D eigenvalue weighted by atomic mass is 16.6. The highest BCUT2D eigenvalue weighted by Gasteiger charge is 2.26. The van der Waals surface area contributed by atoms with E-state index in [1.54, 1.807) is 0 Å². The molecule has 2 rings (SSSR count). The Hall–Kier alpha value is -2.20. The maximum atomic E-state index is 11.1. The van der Waals surface area contributed by atoms with E-state index in [1.807, 2.05) is 13.0 Å². The lowest BCUT2D eigenvalue weighted by molar-refractivity contribution is -0.384. The van der Waals surface area contributed by atoms with E-state index in [9.17, 15) is 10.1 Å². The van der Waals surface area contributed by atoms with Crippen molar-refractivity contribution in [2.45, 2.75) is 25.8 Å². The summed E-state index contributed by atoms with van der Waals surface area (Å²) in [5, 5.41) is 23.1. The molecule has 1 saturated heterocycles. The first-order valence-corrected chi connectivity index (χ1v) is 6.51. The molecule has 0 bridgehead atoms. The van der Waals surface area contributed by atoms with Gasteiger partial charge < -0.3 is 10.1 Å². The first kappa shape index (κ1) is 14.2. The zero-order chi connectivity index (χ0) is 14.5. The molecule has 1 aliphatic rings. The van der Waals surface area contributed by atoms with Crippen LogP contribution in [0.2, 0.25) is 0 Å². The standard InChI is InChI=1S/C13H16N4O3/c1-9(10-3-6-20-7-4-10)16-13-12(17(18)19)11(8-14)2-5-15-13/h2,5,9-10H,3-4,6-7H2,1H3,(H,15,16). The van der Waals surface area contributed by atoms with Crippen LogP contribution in [0.3, 0.4) is 0 Å². The van der Waals surface area contributed by atoms with Gasteiger partial charge in [-0.25, -0.2) is 4.98 Å². The first-order valence-electron chi connectivity index (χ1n) is 6.51. The molecule has 0 saturated carbocycles. The maximum Gasteiger partial charge on any atom is 0.328 e. The Balaban J connectivity index is 2.20. The largest absolute Gasteiger partial charge is 0.381 e. The first-order chi connectivity index (χ1) is 9.63. The quantitative estimate of drug-likeness (QED) is 0.667. The summed E-state index contributed by atoms with van der Waals surface area (Å²) in [5.41, 5.74) is -0.236. The Bertz CT molecular complexity index is 535. The van der Waals surface area contributed by atoms with Crippen LogP contribution in [-0.2, 0) is 4.74 Å². The van der Waals surface area contributed by atoms with Crippen LogP contribution in [0, 0.1) is 27.4 Å². The van der Waals surface area contributed by atoms with Gasteiger partial charge in [0, 0.05) is 25.5 Å². The normalized spacial score (nSPS) is 17.2. The number of hydrogen-bond donors (Lipinski definition) is 1. The number of pyridine rings is 1. The molecule has 1 aromatic heterocycles. The molecule has 1 unspecified atom stereocenters. The van der Waals surface area contributed by atoms with Gasteiger partial charge in [-0.3, -0.25) is 10.1 Å². The zero-order valence-electron chi connectivity index (χ0n) is 11.2. The molecule has 7 nitrogen and oxygen atoms in total. The molecule has 0 spiro atoms. The second-order valence-corrected chi connectivity index (χ2v) is 4.81. The van der Waals surface area contributed by atoms with Gasteiger partial charge in [-0.2, -0.15) is 5.26 Å². The lowest BCUT2D eigenvalue weighted by atomic mass is 9.93. The molecule has 0 aromatic carbocycles. The van der Waals surface area contributed by atoms with Crippen LogP contribution >= 0.6 is 0 Å². The van der Waals surface area contributed by atoms with Crippen LogP contribution < -0.4 is 5.32 Å². The van der Waals surface area contributed by atoms with E-state index in [4.69, 9.17) is 10.00 Å². The molecule has 1 aliphatic heterocycles. The number of hydrogen-bond acceptors (Lipinski definition) is 6. The van der Waals surface area contributed by atoms with Gasteiger partial charge in [0.1, 0.15) is 11.6 Å². The van der Waals surface area contributed by atoms with Gasteiger partial charge in [-0.05, 0) is 31.7 Å². The van der Waals surface area contributed by atoms with E-state index >= 15 is 0 Å². The van der Waals surface area contributed by atoms with Crippen molar-refractivity contribution in [3.05, 3.63) is 27.9 Å². The van der Waals surface area contributed by atoms with E-state index in [0.29, 0.717) is 19.1 Å². The van der Waals surface area contributed by atoms with Crippen LogP contribution in [0.5, 0.6) is 0 Å². The summed E-state index contributed by atoms with van der Waals surface area (Å²) in [7, 11) is 0. The van der Waals surface area contributed by atoms with Crippen molar-refractivity contribution >= 4 is 11.5 Å². The van der Waals surface area contributed by atoms with Crippen molar-refractivity contribution in [2.75, 3.05) is 18.5 Å². The summed E-state index contributed by atoms with van der Waals surface area (Å²) in [5.74, 6) is 0.545. The number of aromatic nitrogens is 1. The van der Waals surface area contributed by atoms with Gasteiger partial charge in [-0.1, -0.05) is 0 Å². The van der Waals surface area contributed by atoms with E-state index in [-0.39, 0.29) is 23.1 Å². The lowest BCUT2D eigenvalue weighted by Crippen LogP contribution is -2.31. The topological polar surface area (TPSA) is 101 Å². The van der Waals surface area contributed by atoms with Crippen LogP contribution in [0.25, 0.3) is 0 Å². The Labute approximate surface area is 116 Å². The van der Waals surface area contributed by atoms with Gasteiger partial charge in [0.2, 0.25) is 5.82 Å². The maximum absolute atomic E-state index is 11.1. The summed E-state index contributed by atoms with van der Waals surface area (Å²) in [6.07, 6.45) is 3.24. The molecule has 1 fully saturated rings. The third kappa shape index (κ3) is 3.03. The summed E-state index contributed by atoms with van der Waals surface area (Å²) >= 11 is 0. The second kappa shape index (κ2) is 6.30. The van der Waals surface area contributed by atoms with E-state index in [2.05, 4.69) is 10.3 Å². The minimum Gasteiger partial charge on any atom is -0.381 e. The molecule has 20 heavy (non-hydrogen) atoms. The van der Waals surface area contributed by atoms with Crippen molar-refractivity contribution in [1.82, 2.24) is 4.98 Å². The Kier molecular flexibility index (Phi) is 4.48. The minimum absolute atomic E-state index is 0.0201. The van der Waals surface area contributed by atoms with Gasteiger partial charge in [0.25, 0.3) is 0 Å². The fourth-order valence-corrected chi connectivity index (χ4v) is 2.38. The van der Waals surface area contributed by atoms with E-state index in [0.717, 1.165) is 12.8 Å². The number of nitrogens with zero attached hydrogens (tertiary/aromatic N) is 3. The van der Waals surface area contributed by atoms with Crippen molar-refractivity contribution in [1.29, 1.82) is 5.26 Å². The summed E-state index contributed by atoms with van der Waals surface area (Å²) < 4.78 is 5.30. The Morgan fingerprint density at radius 1 is 1.60 bits per heavy atom. The third-order valence-corrected chi connectivity index (χ3v) is 3.56. The van der Waals surface area contributed by atoms with Crippen LogP contribution in [0.4, 0.5) is 11.5 Å². The number of ether oxygens (including phenoxy) is 1. The van der Waals surface area contributed by atoms with Crippen molar-refractivity contribution < 1.29 is 9.66 Å². The lowest BCUT2D eigenvalue weighted by Gasteiger charge is -2.28. The van der Waals surface area contributed by atoms with Crippen LogP contribution in [0.1, 0.15) is 25.3 Å². The van der Waals surface area contributed by atoms with E-state index < -0.39 is 4.92 Å². The Morgan fingerprint density at radius 2 is 2.30 bits per heavy atom. The fourth-order valence-electron chi connectivity index (χ4n) is 2.38. The molecule has 0 amide bonds. The molecule has 1 N–H and O–H groups in total. The number of rotatable bonds is 4. The molecular formula is C13H16N4O3. The fraction of sp³-hybridized carbons (Fsp3) is 0.538. The molecular weight excluding hydrogens is 260 g/mol. The van der Waals surface area contributed by atoms with Crippen LogP contribution in [-0.4, -0.2) is 29.2 Å². The monoisotopic (exact) mass is 276 g/mol. The summed E-state index contributed by atoms with van der Waals surface area (Å²) in [6, 6.07) is 3.22. The summed E-state index contributed by atoms with van der Waals surface area (Å²) in [6.45, 7) is 3.40. The molecule has 0 aliphatic carbocycles. The average molecular weight is 276 g/mol. The highest BCUT2D eigenvalue weighted by Crippen LogP contribution is 2.28. The van der Waals surface area contributed by atoms with Gasteiger partial charge in [-0.15, -0.1) is 0 Å². The highest BCUT2D eigenvalue weighted by molar-refractivity contribution is 5.64. The van der Waals surface area contributed by atoms with Crippen molar-refractivity contribution in [3.8, 4) is 6.07 Å². The number of anilines is 1.